The highest BCUT2D eigenvalue weighted by Crippen LogP contribution is 2.32. The second-order valence-corrected chi connectivity index (χ2v) is 7.42. The molecule has 0 bridgehead atoms. The summed E-state index contributed by atoms with van der Waals surface area (Å²) in [5, 5.41) is 12.9. The number of carbonyl (C=O) groups excluding carboxylic acids is 1. The Morgan fingerprint density at radius 1 is 1.27 bits per heavy atom. The van der Waals surface area contributed by atoms with Crippen LogP contribution in [0.4, 0.5) is 5.69 Å². The summed E-state index contributed by atoms with van der Waals surface area (Å²) in [5.41, 5.74) is 3.73. The standard InChI is InChI=1S/C22H25N5O3/c1-6-17-25-19(18-15(22(29)30)10-23-20(18)26-17)13-7-8-14(11-27(4)5)16(9-13)24-21(28)12(2)3/h7-10H,2,6,11H2,1,3-5H3,(H,24,28)(H,29,30)(H,23,25,26). The van der Waals surface area contributed by atoms with Crippen LogP contribution in [0.2, 0.25) is 0 Å². The number of aromatic nitrogens is 3. The molecule has 0 saturated carbocycles. The summed E-state index contributed by atoms with van der Waals surface area (Å²) in [6.07, 6.45) is 2.02. The van der Waals surface area contributed by atoms with Crippen molar-refractivity contribution in [2.75, 3.05) is 19.4 Å². The SMILES string of the molecule is C=C(C)C(=O)Nc1cc(-c2nc(CC)nc3[nH]cc(C(=O)O)c23)ccc1CN(C)C. The predicted molar refractivity (Wildman–Crippen MR) is 116 cm³/mol. The molecule has 2 heterocycles. The van der Waals surface area contributed by atoms with Crippen LogP contribution < -0.4 is 5.32 Å². The Labute approximate surface area is 174 Å². The lowest BCUT2D eigenvalue weighted by Crippen LogP contribution is -2.17. The number of amides is 1. The Bertz CT molecular complexity index is 1150. The smallest absolute Gasteiger partial charge is 0.338 e. The van der Waals surface area contributed by atoms with E-state index in [1.165, 1.54) is 6.20 Å². The van der Waals surface area contributed by atoms with Crippen molar-refractivity contribution in [2.24, 2.45) is 0 Å². The number of hydrogen-bond acceptors (Lipinski definition) is 5. The van der Waals surface area contributed by atoms with E-state index < -0.39 is 5.97 Å². The zero-order chi connectivity index (χ0) is 22.0. The number of benzene rings is 1. The van der Waals surface area contributed by atoms with Crippen molar-refractivity contribution in [2.45, 2.75) is 26.8 Å². The number of carbonyl (C=O) groups is 2. The van der Waals surface area contributed by atoms with Gasteiger partial charge in [-0.25, -0.2) is 14.8 Å². The number of rotatable bonds is 7. The molecule has 3 N–H and O–H groups in total. The Morgan fingerprint density at radius 3 is 2.60 bits per heavy atom. The van der Waals surface area contributed by atoms with Gasteiger partial charge in [-0.15, -0.1) is 0 Å². The van der Waals surface area contributed by atoms with E-state index in [1.54, 1.807) is 6.92 Å². The molecule has 156 valence electrons. The fourth-order valence-electron chi connectivity index (χ4n) is 3.16. The van der Waals surface area contributed by atoms with Gasteiger partial charge < -0.3 is 20.3 Å². The molecular formula is C22H25N5O3. The molecule has 1 amide bonds. The van der Waals surface area contributed by atoms with Crippen LogP contribution in [0, 0.1) is 0 Å². The number of anilines is 1. The summed E-state index contributed by atoms with van der Waals surface area (Å²) in [7, 11) is 3.89. The summed E-state index contributed by atoms with van der Waals surface area (Å²) >= 11 is 0. The maximum atomic E-state index is 12.3. The summed E-state index contributed by atoms with van der Waals surface area (Å²) in [4.78, 5) is 38.0. The minimum absolute atomic E-state index is 0.104. The van der Waals surface area contributed by atoms with Gasteiger partial charge >= 0.3 is 5.97 Å². The number of aromatic carboxylic acids is 1. The van der Waals surface area contributed by atoms with Gasteiger partial charge in [0.25, 0.3) is 5.91 Å². The lowest BCUT2D eigenvalue weighted by Gasteiger charge is -2.17. The molecule has 0 saturated heterocycles. The van der Waals surface area contributed by atoms with Crippen LogP contribution in [-0.4, -0.2) is 50.9 Å². The average molecular weight is 407 g/mol. The van der Waals surface area contributed by atoms with Crippen LogP contribution in [0.5, 0.6) is 0 Å². The monoisotopic (exact) mass is 407 g/mol. The van der Waals surface area contributed by atoms with E-state index in [-0.39, 0.29) is 11.5 Å². The number of carboxylic acids is 1. The molecule has 0 radical (unpaired) electrons. The van der Waals surface area contributed by atoms with Gasteiger partial charge in [0.15, 0.2) is 0 Å². The first kappa shape index (κ1) is 21.2. The zero-order valence-corrected chi connectivity index (χ0v) is 17.5. The van der Waals surface area contributed by atoms with E-state index in [2.05, 4.69) is 26.8 Å². The van der Waals surface area contributed by atoms with Crippen LogP contribution >= 0.6 is 0 Å². The fraction of sp³-hybridized carbons (Fsp3) is 0.273. The van der Waals surface area contributed by atoms with Gasteiger partial charge in [-0.05, 0) is 32.6 Å². The van der Waals surface area contributed by atoms with Crippen molar-refractivity contribution in [3.05, 3.63) is 53.5 Å². The molecule has 0 spiro atoms. The number of aromatic amines is 1. The first-order valence-corrected chi connectivity index (χ1v) is 9.57. The first-order chi connectivity index (χ1) is 14.2. The fourth-order valence-corrected chi connectivity index (χ4v) is 3.16. The largest absolute Gasteiger partial charge is 0.478 e. The second kappa shape index (κ2) is 8.46. The van der Waals surface area contributed by atoms with Gasteiger partial charge in [0.1, 0.15) is 11.5 Å². The van der Waals surface area contributed by atoms with Crippen LogP contribution in [-0.2, 0) is 17.8 Å². The molecular weight excluding hydrogens is 382 g/mol. The highest BCUT2D eigenvalue weighted by molar-refractivity contribution is 6.08. The van der Waals surface area contributed by atoms with Crippen molar-refractivity contribution >= 4 is 28.6 Å². The first-order valence-electron chi connectivity index (χ1n) is 9.57. The summed E-state index contributed by atoms with van der Waals surface area (Å²) in [6.45, 7) is 7.90. The lowest BCUT2D eigenvalue weighted by molar-refractivity contribution is -0.112. The third-order valence-corrected chi connectivity index (χ3v) is 4.63. The quantitative estimate of drug-likeness (QED) is 0.517. The number of hydrogen-bond donors (Lipinski definition) is 3. The molecule has 0 fully saturated rings. The van der Waals surface area contributed by atoms with E-state index in [1.807, 2.05) is 44.1 Å². The van der Waals surface area contributed by atoms with Crippen molar-refractivity contribution in [3.8, 4) is 11.3 Å². The molecule has 30 heavy (non-hydrogen) atoms. The van der Waals surface area contributed by atoms with Crippen LogP contribution in [0.25, 0.3) is 22.3 Å². The summed E-state index contributed by atoms with van der Waals surface area (Å²) < 4.78 is 0. The van der Waals surface area contributed by atoms with Gasteiger partial charge in [0.05, 0.1) is 16.6 Å². The van der Waals surface area contributed by atoms with Crippen molar-refractivity contribution in [1.82, 2.24) is 19.9 Å². The van der Waals surface area contributed by atoms with Crippen LogP contribution in [0.3, 0.4) is 0 Å². The highest BCUT2D eigenvalue weighted by Gasteiger charge is 2.20. The van der Waals surface area contributed by atoms with Crippen LogP contribution in [0.1, 0.15) is 35.6 Å². The van der Waals surface area contributed by atoms with Gasteiger partial charge in [0, 0.05) is 36.0 Å². The molecule has 2 aromatic heterocycles. The molecule has 0 unspecified atom stereocenters. The van der Waals surface area contributed by atoms with Crippen LogP contribution in [0.15, 0.2) is 36.5 Å². The molecule has 8 nitrogen and oxygen atoms in total. The molecule has 0 aliphatic rings. The number of nitrogens with zero attached hydrogens (tertiary/aromatic N) is 3. The molecule has 3 aromatic rings. The Kier molecular flexibility index (Phi) is 5.98. The van der Waals surface area contributed by atoms with Crippen molar-refractivity contribution in [3.63, 3.8) is 0 Å². The third kappa shape index (κ3) is 4.23. The Hall–Kier alpha value is -3.52. The Morgan fingerprint density at radius 2 is 2.00 bits per heavy atom. The number of H-pyrrole nitrogens is 1. The van der Waals surface area contributed by atoms with E-state index in [9.17, 15) is 14.7 Å². The normalized spacial score (nSPS) is 11.1. The molecule has 0 aliphatic carbocycles. The maximum absolute atomic E-state index is 12.3. The number of aryl methyl sites for hydroxylation is 1. The predicted octanol–water partition coefficient (Wildman–Crippen LogP) is 3.46. The van der Waals surface area contributed by atoms with Crippen molar-refractivity contribution in [1.29, 1.82) is 0 Å². The number of carboxylic acid groups (broad SMARTS) is 1. The number of fused-ring (bicyclic) bond motifs is 1. The van der Waals surface area contributed by atoms with E-state index in [0.717, 1.165) is 5.56 Å². The summed E-state index contributed by atoms with van der Waals surface area (Å²) in [5.74, 6) is -0.737. The van der Waals surface area contributed by atoms with Gasteiger partial charge in [-0.1, -0.05) is 25.6 Å². The Balaban J connectivity index is 2.23. The van der Waals surface area contributed by atoms with E-state index in [0.29, 0.717) is 52.3 Å². The van der Waals surface area contributed by atoms with Gasteiger partial charge in [-0.2, -0.15) is 0 Å². The van der Waals surface area contributed by atoms with Gasteiger partial charge in [0.2, 0.25) is 0 Å². The van der Waals surface area contributed by atoms with Gasteiger partial charge in [-0.3, -0.25) is 4.79 Å². The molecule has 0 atom stereocenters. The minimum atomic E-state index is -1.06. The van der Waals surface area contributed by atoms with E-state index >= 15 is 0 Å². The molecule has 0 aliphatic heterocycles. The zero-order valence-electron chi connectivity index (χ0n) is 17.5. The average Bonchev–Trinajstić information content (AvgIpc) is 3.12. The topological polar surface area (TPSA) is 111 Å². The molecule has 3 rings (SSSR count). The third-order valence-electron chi connectivity index (χ3n) is 4.63. The summed E-state index contributed by atoms with van der Waals surface area (Å²) in [6, 6.07) is 5.62. The lowest BCUT2D eigenvalue weighted by atomic mass is 10.0. The highest BCUT2D eigenvalue weighted by atomic mass is 16.4. The second-order valence-electron chi connectivity index (χ2n) is 7.42. The number of nitrogens with one attached hydrogen (secondary N) is 2. The minimum Gasteiger partial charge on any atom is -0.478 e. The molecule has 1 aromatic carbocycles. The van der Waals surface area contributed by atoms with E-state index in [4.69, 9.17) is 0 Å². The maximum Gasteiger partial charge on any atom is 0.338 e. The van der Waals surface area contributed by atoms with Crippen molar-refractivity contribution < 1.29 is 14.7 Å². The molecule has 8 heteroatoms.